The minimum atomic E-state index is -3.70. The summed E-state index contributed by atoms with van der Waals surface area (Å²) in [6, 6.07) is 16.3. The van der Waals surface area contributed by atoms with Crippen molar-refractivity contribution >= 4 is 15.8 Å². The van der Waals surface area contributed by atoms with Crippen molar-refractivity contribution in [2.24, 2.45) is 0 Å². The Morgan fingerprint density at radius 1 is 0.962 bits per heavy atom. The monoisotopic (exact) mass is 370 g/mol. The van der Waals surface area contributed by atoms with E-state index in [1.54, 1.807) is 24.3 Å². The summed E-state index contributed by atoms with van der Waals surface area (Å²) in [5, 5.41) is 0. The Hall–Kier alpha value is -2.44. The van der Waals surface area contributed by atoms with Crippen molar-refractivity contribution in [3.05, 3.63) is 77.0 Å². The van der Waals surface area contributed by atoms with Crippen molar-refractivity contribution in [1.82, 2.24) is 10.3 Å². The third-order valence-corrected chi connectivity index (χ3v) is 5.69. The van der Waals surface area contributed by atoms with Crippen LogP contribution in [0.25, 0.3) is 0 Å². The molecule has 0 saturated carbocycles. The molecule has 0 spiro atoms. The number of nitrogens with one attached hydrogen (secondary N) is 2. The van der Waals surface area contributed by atoms with Gasteiger partial charge in [-0.15, -0.1) is 4.83 Å². The zero-order chi connectivity index (χ0) is 18.6. The summed E-state index contributed by atoms with van der Waals surface area (Å²) in [5.41, 5.74) is 6.11. The molecular weight excluding hydrogens is 348 g/mol. The van der Waals surface area contributed by atoms with Crippen LogP contribution in [0.15, 0.2) is 70.8 Å². The molecule has 1 aliphatic rings. The predicted octanol–water partition coefficient (Wildman–Crippen LogP) is 3.03. The Kier molecular flexibility index (Phi) is 5.54. The molecule has 0 unspecified atom stereocenters. The molecule has 0 bridgehead atoms. The first-order valence-corrected chi connectivity index (χ1v) is 10.1. The summed E-state index contributed by atoms with van der Waals surface area (Å²) in [7, 11) is -3.70. The topological polar surface area (TPSA) is 75.3 Å². The first kappa shape index (κ1) is 18.4. The smallest absolute Gasteiger partial charge is 0.257 e. The van der Waals surface area contributed by atoms with Gasteiger partial charge < -0.3 is 5.43 Å². The molecule has 0 amide bonds. The number of aryl methyl sites for hydroxylation is 1. The molecule has 0 aromatic heterocycles. The van der Waals surface area contributed by atoms with Gasteiger partial charge in [0.15, 0.2) is 5.78 Å². The molecule has 0 saturated heterocycles. The van der Waals surface area contributed by atoms with Gasteiger partial charge in [-0.3, -0.25) is 4.79 Å². The number of sulfonamides is 1. The first-order chi connectivity index (χ1) is 12.5. The number of ketones is 1. The molecule has 2 N–H and O–H groups in total. The lowest BCUT2D eigenvalue weighted by molar-refractivity contribution is -0.116. The lowest BCUT2D eigenvalue weighted by atomic mass is 9.90. The molecule has 2 aromatic carbocycles. The Morgan fingerprint density at radius 3 is 2.35 bits per heavy atom. The minimum Gasteiger partial charge on any atom is -0.312 e. The third-order valence-electron chi connectivity index (χ3n) is 4.42. The summed E-state index contributed by atoms with van der Waals surface area (Å²) >= 11 is 0. The van der Waals surface area contributed by atoms with Gasteiger partial charge in [-0.05, 0) is 37.5 Å². The van der Waals surface area contributed by atoms with Gasteiger partial charge in [-0.25, -0.2) is 8.42 Å². The molecular formula is C20H22N2O3S. The van der Waals surface area contributed by atoms with Crippen molar-refractivity contribution < 1.29 is 13.2 Å². The number of carbonyl (C=O) groups excluding carboxylic acids is 1. The average Bonchev–Trinajstić information content (AvgIpc) is 2.63. The summed E-state index contributed by atoms with van der Waals surface area (Å²) < 4.78 is 24.9. The Bertz CT molecular complexity index is 917. The molecule has 0 radical (unpaired) electrons. The Morgan fingerprint density at radius 2 is 1.65 bits per heavy atom. The van der Waals surface area contributed by atoms with Gasteiger partial charge >= 0.3 is 0 Å². The van der Waals surface area contributed by atoms with Crippen molar-refractivity contribution in [3.8, 4) is 0 Å². The highest BCUT2D eigenvalue weighted by molar-refractivity contribution is 7.89. The van der Waals surface area contributed by atoms with Crippen molar-refractivity contribution in [3.63, 3.8) is 0 Å². The normalized spacial score (nSPS) is 15.2. The molecule has 0 aliphatic heterocycles. The molecule has 136 valence electrons. The van der Waals surface area contributed by atoms with Gasteiger partial charge in [0.25, 0.3) is 10.0 Å². The number of hydrogen-bond donors (Lipinski definition) is 2. The van der Waals surface area contributed by atoms with Crippen LogP contribution in [-0.2, 0) is 21.2 Å². The van der Waals surface area contributed by atoms with E-state index < -0.39 is 10.0 Å². The highest BCUT2D eigenvalue weighted by atomic mass is 32.2. The standard InChI is InChI=1S/C20H22N2O3S/c1-15-10-12-17(13-11-15)26(24,25)22-21-19-8-5-9-20(23)18(19)14-16-6-3-2-4-7-16/h2-4,6-7,10-13,21-22H,5,8-9,14H2,1H3. The molecule has 0 heterocycles. The van der Waals surface area contributed by atoms with Gasteiger partial charge in [0.1, 0.15) is 0 Å². The van der Waals surface area contributed by atoms with Crippen LogP contribution in [0.4, 0.5) is 0 Å². The largest absolute Gasteiger partial charge is 0.312 e. The number of rotatable bonds is 6. The number of carbonyl (C=O) groups is 1. The molecule has 26 heavy (non-hydrogen) atoms. The van der Waals surface area contributed by atoms with Crippen LogP contribution in [0, 0.1) is 6.92 Å². The number of benzene rings is 2. The van der Waals surface area contributed by atoms with E-state index in [4.69, 9.17) is 0 Å². The highest BCUT2D eigenvalue weighted by Gasteiger charge is 2.22. The van der Waals surface area contributed by atoms with E-state index in [0.29, 0.717) is 37.0 Å². The van der Waals surface area contributed by atoms with E-state index in [1.165, 1.54) is 0 Å². The Balaban J connectivity index is 1.79. The van der Waals surface area contributed by atoms with E-state index >= 15 is 0 Å². The van der Waals surface area contributed by atoms with Crippen molar-refractivity contribution in [2.45, 2.75) is 37.5 Å². The van der Waals surface area contributed by atoms with E-state index in [1.807, 2.05) is 37.3 Å². The van der Waals surface area contributed by atoms with E-state index in [9.17, 15) is 13.2 Å². The fourth-order valence-electron chi connectivity index (χ4n) is 2.94. The second-order valence-electron chi connectivity index (χ2n) is 6.44. The van der Waals surface area contributed by atoms with Gasteiger partial charge in [0.2, 0.25) is 0 Å². The fourth-order valence-corrected chi connectivity index (χ4v) is 3.81. The molecule has 0 atom stereocenters. The molecule has 1 aliphatic carbocycles. The van der Waals surface area contributed by atoms with Crippen LogP contribution in [0.2, 0.25) is 0 Å². The summed E-state index contributed by atoms with van der Waals surface area (Å²) in [4.78, 5) is 15.0. The summed E-state index contributed by atoms with van der Waals surface area (Å²) in [6.07, 6.45) is 2.35. The van der Waals surface area contributed by atoms with Crippen LogP contribution >= 0.6 is 0 Å². The summed E-state index contributed by atoms with van der Waals surface area (Å²) in [6.45, 7) is 1.90. The molecule has 3 rings (SSSR count). The second kappa shape index (κ2) is 7.85. The maximum Gasteiger partial charge on any atom is 0.257 e. The number of Topliss-reactive ketones (excluding diaryl/α,β-unsaturated/α-hetero) is 1. The fraction of sp³-hybridized carbons (Fsp3) is 0.250. The van der Waals surface area contributed by atoms with Gasteiger partial charge in [-0.1, -0.05) is 48.0 Å². The molecule has 0 fully saturated rings. The molecule has 6 heteroatoms. The van der Waals surface area contributed by atoms with Crippen LogP contribution in [-0.4, -0.2) is 14.2 Å². The van der Waals surface area contributed by atoms with Crippen LogP contribution in [0.3, 0.4) is 0 Å². The quantitative estimate of drug-likeness (QED) is 0.767. The zero-order valence-electron chi connectivity index (χ0n) is 14.7. The second-order valence-corrected chi connectivity index (χ2v) is 8.12. The summed E-state index contributed by atoms with van der Waals surface area (Å²) in [5.74, 6) is 0.0668. The van der Waals surface area contributed by atoms with E-state index in [-0.39, 0.29) is 10.7 Å². The zero-order valence-corrected chi connectivity index (χ0v) is 15.5. The average molecular weight is 370 g/mol. The lowest BCUT2D eigenvalue weighted by Gasteiger charge is -2.21. The van der Waals surface area contributed by atoms with Gasteiger partial charge in [-0.2, -0.15) is 0 Å². The lowest BCUT2D eigenvalue weighted by Crippen LogP contribution is -2.39. The maximum atomic E-state index is 12.5. The van der Waals surface area contributed by atoms with Crippen LogP contribution < -0.4 is 10.3 Å². The van der Waals surface area contributed by atoms with Gasteiger partial charge in [0.05, 0.1) is 4.90 Å². The maximum absolute atomic E-state index is 12.5. The predicted molar refractivity (Wildman–Crippen MR) is 101 cm³/mol. The highest BCUT2D eigenvalue weighted by Crippen LogP contribution is 2.23. The Labute approximate surface area is 154 Å². The van der Waals surface area contributed by atoms with E-state index in [2.05, 4.69) is 10.3 Å². The van der Waals surface area contributed by atoms with Crippen LogP contribution in [0.1, 0.15) is 30.4 Å². The number of allylic oxidation sites excluding steroid dienone is 2. The van der Waals surface area contributed by atoms with Gasteiger partial charge in [0, 0.05) is 24.1 Å². The number of hydrazine groups is 1. The molecule has 2 aromatic rings. The molecule has 5 nitrogen and oxygen atoms in total. The van der Waals surface area contributed by atoms with Crippen molar-refractivity contribution in [2.75, 3.05) is 0 Å². The van der Waals surface area contributed by atoms with E-state index in [0.717, 1.165) is 11.1 Å². The minimum absolute atomic E-state index is 0.0668. The van der Waals surface area contributed by atoms with Crippen LogP contribution in [0.5, 0.6) is 0 Å². The SMILES string of the molecule is Cc1ccc(S(=O)(=O)NNC2=C(Cc3ccccc3)C(=O)CCC2)cc1. The first-order valence-electron chi connectivity index (χ1n) is 8.59. The number of hydrogen-bond acceptors (Lipinski definition) is 4. The third kappa shape index (κ3) is 4.39. The van der Waals surface area contributed by atoms with Crippen molar-refractivity contribution in [1.29, 1.82) is 0 Å².